The first kappa shape index (κ1) is 26.7. The Labute approximate surface area is 218 Å². The van der Waals surface area contributed by atoms with E-state index in [1.165, 1.54) is 0 Å². The molecule has 1 atom stereocenters. The maximum atomic E-state index is 13.9. The third-order valence-corrected chi connectivity index (χ3v) is 6.84. The lowest BCUT2D eigenvalue weighted by Crippen LogP contribution is -2.31. The molecule has 0 saturated carbocycles. The number of hydrogen-bond acceptors (Lipinski definition) is 6. The molecule has 37 heavy (non-hydrogen) atoms. The molecule has 1 aliphatic rings. The van der Waals surface area contributed by atoms with Crippen molar-refractivity contribution in [2.45, 2.75) is 66.0 Å². The summed E-state index contributed by atoms with van der Waals surface area (Å²) in [7, 11) is 1.59. The smallest absolute Gasteiger partial charge is 0.290 e. The van der Waals surface area contributed by atoms with Crippen LogP contribution in [0.2, 0.25) is 0 Å². The van der Waals surface area contributed by atoms with Crippen LogP contribution in [0.1, 0.15) is 78.9 Å². The zero-order chi connectivity index (χ0) is 26.7. The molecule has 1 amide bonds. The van der Waals surface area contributed by atoms with Crippen LogP contribution in [-0.2, 0) is 4.74 Å². The average molecular weight is 508 g/mol. The lowest BCUT2D eigenvalue weighted by Gasteiger charge is -2.26. The number of carbonyl (C=O) groups excluding carboxylic acids is 1. The van der Waals surface area contributed by atoms with E-state index in [9.17, 15) is 9.59 Å². The van der Waals surface area contributed by atoms with Gasteiger partial charge in [0, 0.05) is 13.2 Å². The Morgan fingerprint density at radius 3 is 2.46 bits per heavy atom. The fourth-order valence-electron chi connectivity index (χ4n) is 4.71. The summed E-state index contributed by atoms with van der Waals surface area (Å²) in [6.45, 7) is 11.5. The van der Waals surface area contributed by atoms with Gasteiger partial charge in [-0.15, -0.1) is 0 Å². The average Bonchev–Trinajstić information content (AvgIpc) is 3.15. The van der Waals surface area contributed by atoms with Crippen LogP contribution in [-0.4, -0.2) is 43.8 Å². The van der Waals surface area contributed by atoms with Crippen LogP contribution < -0.4 is 14.9 Å². The summed E-state index contributed by atoms with van der Waals surface area (Å²) in [5.41, 5.74) is 3.39. The van der Waals surface area contributed by atoms with Crippen molar-refractivity contribution in [1.29, 1.82) is 0 Å². The molecule has 198 valence electrons. The molecule has 0 fully saturated rings. The van der Waals surface area contributed by atoms with Crippen LogP contribution in [0, 0.1) is 13.8 Å². The van der Waals surface area contributed by atoms with E-state index in [1.807, 2.05) is 58.0 Å². The van der Waals surface area contributed by atoms with Crippen LogP contribution in [0.25, 0.3) is 11.0 Å². The number of aryl methyl sites for hydroxylation is 2. The Hall–Kier alpha value is -3.32. The lowest BCUT2D eigenvalue weighted by molar-refractivity contribution is 0.0593. The van der Waals surface area contributed by atoms with Crippen molar-refractivity contribution in [2.75, 3.05) is 26.9 Å². The highest BCUT2D eigenvalue weighted by Crippen LogP contribution is 2.41. The summed E-state index contributed by atoms with van der Waals surface area (Å²) in [6, 6.07) is 8.70. The van der Waals surface area contributed by atoms with Crippen LogP contribution in [0.4, 0.5) is 0 Å². The minimum atomic E-state index is -0.595. The van der Waals surface area contributed by atoms with Crippen molar-refractivity contribution in [3.8, 4) is 11.5 Å². The normalized spacial score (nSPS) is 15.1. The molecule has 3 aromatic rings. The molecular weight excluding hydrogens is 470 g/mol. The predicted molar refractivity (Wildman–Crippen MR) is 144 cm³/mol. The van der Waals surface area contributed by atoms with Crippen molar-refractivity contribution in [1.82, 2.24) is 4.90 Å². The zero-order valence-corrected chi connectivity index (χ0v) is 22.7. The Morgan fingerprint density at radius 1 is 1.00 bits per heavy atom. The van der Waals surface area contributed by atoms with Gasteiger partial charge in [0.05, 0.1) is 36.8 Å². The molecule has 7 heteroatoms. The maximum Gasteiger partial charge on any atom is 0.290 e. The number of methoxy groups -OCH3 is 1. The van der Waals surface area contributed by atoms with Crippen LogP contribution in [0.15, 0.2) is 39.5 Å². The minimum Gasteiger partial charge on any atom is -0.493 e. The number of benzene rings is 2. The van der Waals surface area contributed by atoms with Crippen molar-refractivity contribution in [2.24, 2.45) is 0 Å². The van der Waals surface area contributed by atoms with Gasteiger partial charge in [0.2, 0.25) is 5.76 Å². The molecule has 0 bridgehead atoms. The molecule has 1 unspecified atom stereocenters. The van der Waals surface area contributed by atoms with Gasteiger partial charge in [0.25, 0.3) is 5.91 Å². The number of amides is 1. The Bertz CT molecular complexity index is 1340. The SMILES string of the molecule is CCCCOc1ccc(C2c3c(oc4cc(C)c(C)cc4c3=O)C(=O)N2CCCOC(C)C)cc1OC. The summed E-state index contributed by atoms with van der Waals surface area (Å²) in [5, 5.41) is 0.483. The van der Waals surface area contributed by atoms with E-state index in [4.69, 9.17) is 18.6 Å². The number of carbonyl (C=O) groups is 1. The Kier molecular flexibility index (Phi) is 8.22. The highest BCUT2D eigenvalue weighted by Gasteiger charge is 2.42. The number of unbranched alkanes of at least 4 members (excludes halogenated alkanes) is 1. The van der Waals surface area contributed by atoms with Gasteiger partial charge in [0.1, 0.15) is 5.58 Å². The first-order valence-corrected chi connectivity index (χ1v) is 13.1. The third-order valence-electron chi connectivity index (χ3n) is 6.84. The van der Waals surface area contributed by atoms with Crippen molar-refractivity contribution >= 4 is 16.9 Å². The molecule has 2 heterocycles. The fourth-order valence-corrected chi connectivity index (χ4v) is 4.71. The molecule has 2 aromatic carbocycles. The molecule has 0 aliphatic carbocycles. The first-order valence-electron chi connectivity index (χ1n) is 13.1. The largest absolute Gasteiger partial charge is 0.493 e. The highest BCUT2D eigenvalue weighted by molar-refractivity contribution is 5.99. The molecule has 0 saturated heterocycles. The van der Waals surface area contributed by atoms with Gasteiger partial charge in [-0.25, -0.2) is 0 Å². The summed E-state index contributed by atoms with van der Waals surface area (Å²) in [6.07, 6.45) is 2.70. The van der Waals surface area contributed by atoms with Crippen LogP contribution in [0.5, 0.6) is 11.5 Å². The highest BCUT2D eigenvalue weighted by atomic mass is 16.5. The van der Waals surface area contributed by atoms with E-state index in [-0.39, 0.29) is 23.2 Å². The number of hydrogen-bond donors (Lipinski definition) is 0. The Balaban J connectivity index is 1.81. The number of rotatable bonds is 11. The van der Waals surface area contributed by atoms with Gasteiger partial charge in [0.15, 0.2) is 16.9 Å². The van der Waals surface area contributed by atoms with Crippen LogP contribution >= 0.6 is 0 Å². The summed E-state index contributed by atoms with van der Waals surface area (Å²) in [5.74, 6) is 1.02. The predicted octanol–water partition coefficient (Wildman–Crippen LogP) is 5.96. The molecule has 0 N–H and O–H groups in total. The minimum absolute atomic E-state index is 0.104. The standard InChI is InChI=1S/C30H37NO6/c1-7-8-13-36-23-11-10-21(17-25(23)34-6)27-26-28(32)22-15-19(4)20(5)16-24(22)37-29(26)30(33)31(27)12-9-14-35-18(2)3/h10-11,15-18,27H,7-9,12-14H2,1-6H3. The molecular formula is C30H37NO6. The van der Waals surface area contributed by atoms with E-state index in [0.717, 1.165) is 29.5 Å². The molecule has 1 aliphatic heterocycles. The quantitative estimate of drug-likeness (QED) is 0.298. The maximum absolute atomic E-state index is 13.9. The van der Waals surface area contributed by atoms with E-state index in [1.54, 1.807) is 12.0 Å². The van der Waals surface area contributed by atoms with E-state index < -0.39 is 6.04 Å². The van der Waals surface area contributed by atoms with Crippen molar-refractivity contribution in [3.05, 3.63) is 68.6 Å². The molecule has 0 spiro atoms. The zero-order valence-electron chi connectivity index (χ0n) is 22.7. The molecule has 1 aromatic heterocycles. The number of ether oxygens (including phenoxy) is 3. The van der Waals surface area contributed by atoms with E-state index in [2.05, 4.69) is 6.92 Å². The van der Waals surface area contributed by atoms with Gasteiger partial charge in [-0.2, -0.15) is 0 Å². The lowest BCUT2D eigenvalue weighted by atomic mass is 9.97. The van der Waals surface area contributed by atoms with E-state index >= 15 is 0 Å². The third kappa shape index (κ3) is 5.37. The van der Waals surface area contributed by atoms with Gasteiger partial charge in [-0.3, -0.25) is 9.59 Å². The Morgan fingerprint density at radius 2 is 1.76 bits per heavy atom. The monoisotopic (exact) mass is 507 g/mol. The first-order chi connectivity index (χ1) is 17.8. The topological polar surface area (TPSA) is 78.2 Å². The van der Waals surface area contributed by atoms with Gasteiger partial charge >= 0.3 is 0 Å². The number of nitrogens with zero attached hydrogens (tertiary/aromatic N) is 1. The summed E-state index contributed by atoms with van der Waals surface area (Å²) < 4.78 is 23.4. The van der Waals surface area contributed by atoms with Crippen LogP contribution in [0.3, 0.4) is 0 Å². The summed E-state index contributed by atoms with van der Waals surface area (Å²) >= 11 is 0. The van der Waals surface area contributed by atoms with Crippen molar-refractivity contribution in [3.63, 3.8) is 0 Å². The van der Waals surface area contributed by atoms with Gasteiger partial charge < -0.3 is 23.5 Å². The second kappa shape index (κ2) is 11.4. The number of fused-ring (bicyclic) bond motifs is 2. The fraction of sp³-hybridized carbons (Fsp3) is 0.467. The van der Waals surface area contributed by atoms with Gasteiger partial charge in [-0.05, 0) is 81.5 Å². The van der Waals surface area contributed by atoms with E-state index in [0.29, 0.717) is 54.2 Å². The second-order valence-corrected chi connectivity index (χ2v) is 9.89. The van der Waals surface area contributed by atoms with Crippen molar-refractivity contribution < 1.29 is 23.4 Å². The molecule has 4 rings (SSSR count). The van der Waals surface area contributed by atoms with Gasteiger partial charge in [-0.1, -0.05) is 19.4 Å². The molecule has 7 nitrogen and oxygen atoms in total. The molecule has 0 radical (unpaired) electrons. The summed E-state index contributed by atoms with van der Waals surface area (Å²) in [4.78, 5) is 29.2. The second-order valence-electron chi connectivity index (χ2n) is 9.89.